The number of amides is 1. The third-order valence-electron chi connectivity index (χ3n) is 3.67. The number of amidine groups is 1. The van der Waals surface area contributed by atoms with Crippen molar-refractivity contribution in [2.75, 3.05) is 13.7 Å². The van der Waals surface area contributed by atoms with Crippen LogP contribution in [0.1, 0.15) is 35.3 Å². The molecule has 1 aromatic rings. The number of nitrogens with zero attached hydrogens (tertiary/aromatic N) is 2. The number of carbonyl (C=O) groups excluding carboxylic acids is 1. The molecule has 0 aromatic carbocycles. The number of ether oxygens (including phenoxy) is 1. The zero-order valence-electron chi connectivity index (χ0n) is 11.3. The lowest BCUT2D eigenvalue weighted by Crippen LogP contribution is -2.49. The van der Waals surface area contributed by atoms with Crippen molar-refractivity contribution in [3.63, 3.8) is 0 Å². The van der Waals surface area contributed by atoms with E-state index in [9.17, 15) is 4.79 Å². The molecule has 1 amide bonds. The van der Waals surface area contributed by atoms with Crippen LogP contribution in [0.2, 0.25) is 0 Å². The fourth-order valence-electron chi connectivity index (χ4n) is 2.09. The Morgan fingerprint density at radius 2 is 2.35 bits per heavy atom. The summed E-state index contributed by atoms with van der Waals surface area (Å²) in [4.78, 5) is 16.0. The maximum atomic E-state index is 12.0. The third kappa shape index (κ3) is 2.88. The largest absolute Gasteiger partial charge is 0.409 e. The minimum atomic E-state index is -0.264. The van der Waals surface area contributed by atoms with Gasteiger partial charge >= 0.3 is 0 Å². The fourth-order valence-corrected chi connectivity index (χ4v) is 2.09. The predicted molar refractivity (Wildman–Crippen MR) is 72.7 cm³/mol. The zero-order chi connectivity index (χ0) is 14.6. The highest BCUT2D eigenvalue weighted by molar-refractivity contribution is 5.98. The molecule has 1 aliphatic rings. The number of oxime groups is 1. The first-order valence-corrected chi connectivity index (χ1v) is 6.37. The molecule has 7 nitrogen and oxygen atoms in total. The summed E-state index contributed by atoms with van der Waals surface area (Å²) in [5.41, 5.74) is 5.94. The van der Waals surface area contributed by atoms with Crippen molar-refractivity contribution in [3.8, 4) is 0 Å². The highest BCUT2D eigenvalue weighted by Crippen LogP contribution is 2.34. The second kappa shape index (κ2) is 5.87. The Hall–Kier alpha value is -2.15. The number of methoxy groups -OCH3 is 1. The predicted octanol–water partition coefficient (Wildman–Crippen LogP) is 0.475. The lowest BCUT2D eigenvalue weighted by Gasteiger charge is -2.40. The molecular formula is C13H18N4O3. The van der Waals surface area contributed by atoms with Gasteiger partial charge in [0, 0.05) is 25.4 Å². The lowest BCUT2D eigenvalue weighted by molar-refractivity contribution is -0.0679. The fraction of sp³-hybridized carbons (Fsp3) is 0.462. The molecule has 1 aromatic heterocycles. The van der Waals surface area contributed by atoms with E-state index in [2.05, 4.69) is 15.5 Å². The third-order valence-corrected chi connectivity index (χ3v) is 3.67. The quantitative estimate of drug-likeness (QED) is 0.314. The van der Waals surface area contributed by atoms with E-state index in [1.165, 1.54) is 12.3 Å². The summed E-state index contributed by atoms with van der Waals surface area (Å²) in [5.74, 6) is -0.309. The van der Waals surface area contributed by atoms with Crippen LogP contribution in [0.3, 0.4) is 0 Å². The Bertz CT molecular complexity index is 503. The molecule has 0 atom stereocenters. The molecule has 0 spiro atoms. The highest BCUT2D eigenvalue weighted by atomic mass is 16.5. The molecule has 20 heavy (non-hydrogen) atoms. The van der Waals surface area contributed by atoms with Gasteiger partial charge in [0.25, 0.3) is 5.91 Å². The molecule has 2 rings (SSSR count). The van der Waals surface area contributed by atoms with Crippen LogP contribution in [-0.4, -0.2) is 41.2 Å². The average molecular weight is 278 g/mol. The Kier molecular flexibility index (Phi) is 4.19. The van der Waals surface area contributed by atoms with Crippen LogP contribution >= 0.6 is 0 Å². The Balaban J connectivity index is 1.96. The number of hydrogen-bond donors (Lipinski definition) is 3. The number of aromatic nitrogens is 1. The second-order valence-electron chi connectivity index (χ2n) is 4.84. The molecule has 1 aliphatic carbocycles. The molecule has 0 radical (unpaired) electrons. The average Bonchev–Trinajstić information content (AvgIpc) is 2.45. The van der Waals surface area contributed by atoms with Crippen LogP contribution in [0, 0.1) is 0 Å². The number of nitrogens with two attached hydrogens (primary N) is 1. The second-order valence-corrected chi connectivity index (χ2v) is 4.84. The van der Waals surface area contributed by atoms with Crippen LogP contribution < -0.4 is 11.1 Å². The molecule has 108 valence electrons. The van der Waals surface area contributed by atoms with Crippen LogP contribution in [0.5, 0.6) is 0 Å². The maximum absolute atomic E-state index is 12.0. The van der Waals surface area contributed by atoms with Gasteiger partial charge in [-0.25, -0.2) is 0 Å². The number of rotatable bonds is 5. The van der Waals surface area contributed by atoms with E-state index in [0.29, 0.717) is 12.1 Å². The van der Waals surface area contributed by atoms with Crippen molar-refractivity contribution in [2.45, 2.75) is 24.9 Å². The smallest absolute Gasteiger partial charge is 0.269 e. The minimum Gasteiger partial charge on any atom is -0.409 e. The van der Waals surface area contributed by atoms with Gasteiger partial charge in [-0.05, 0) is 31.4 Å². The molecular weight excluding hydrogens is 260 g/mol. The van der Waals surface area contributed by atoms with Gasteiger partial charge in [-0.2, -0.15) is 0 Å². The molecule has 7 heteroatoms. The number of nitrogens with one attached hydrogen (secondary N) is 1. The van der Waals surface area contributed by atoms with Crippen LogP contribution in [0.4, 0.5) is 0 Å². The van der Waals surface area contributed by atoms with Crippen molar-refractivity contribution in [2.24, 2.45) is 10.9 Å². The van der Waals surface area contributed by atoms with E-state index in [4.69, 9.17) is 15.7 Å². The highest BCUT2D eigenvalue weighted by Gasteiger charge is 2.37. The van der Waals surface area contributed by atoms with Crippen LogP contribution in [0.15, 0.2) is 23.5 Å². The molecule has 1 saturated carbocycles. The molecule has 0 aliphatic heterocycles. The monoisotopic (exact) mass is 278 g/mol. The molecule has 0 bridgehead atoms. The summed E-state index contributed by atoms with van der Waals surface area (Å²) in [5, 5.41) is 14.2. The SMILES string of the molecule is COC1(CNC(=O)c2ccc(/C(N)=N/O)cn2)CCC1. The van der Waals surface area contributed by atoms with Crippen molar-refractivity contribution >= 4 is 11.7 Å². The maximum Gasteiger partial charge on any atom is 0.269 e. The first-order valence-electron chi connectivity index (χ1n) is 6.37. The molecule has 0 saturated heterocycles. The summed E-state index contributed by atoms with van der Waals surface area (Å²) >= 11 is 0. The molecule has 1 heterocycles. The summed E-state index contributed by atoms with van der Waals surface area (Å²) in [7, 11) is 1.66. The van der Waals surface area contributed by atoms with E-state index in [1.807, 2.05) is 0 Å². The molecule has 1 fully saturated rings. The first kappa shape index (κ1) is 14.3. The van der Waals surface area contributed by atoms with Crippen molar-refractivity contribution < 1.29 is 14.7 Å². The van der Waals surface area contributed by atoms with Gasteiger partial charge in [0.2, 0.25) is 0 Å². The zero-order valence-corrected chi connectivity index (χ0v) is 11.3. The standard InChI is InChI=1S/C13H18N4O3/c1-20-13(5-2-6-13)8-16-12(18)10-4-3-9(7-15-10)11(14)17-19/h3-4,7,19H,2,5-6,8H2,1H3,(H2,14,17)(H,16,18). The number of carbonyl (C=O) groups is 1. The van der Waals surface area contributed by atoms with E-state index in [1.54, 1.807) is 13.2 Å². The van der Waals surface area contributed by atoms with Gasteiger partial charge in [0.15, 0.2) is 5.84 Å². The number of hydrogen-bond acceptors (Lipinski definition) is 5. The normalized spacial score (nSPS) is 17.4. The van der Waals surface area contributed by atoms with E-state index >= 15 is 0 Å². The molecule has 4 N–H and O–H groups in total. The van der Waals surface area contributed by atoms with Crippen LogP contribution in [-0.2, 0) is 4.74 Å². The van der Waals surface area contributed by atoms with E-state index < -0.39 is 0 Å². The van der Waals surface area contributed by atoms with Crippen molar-refractivity contribution in [3.05, 3.63) is 29.6 Å². The minimum absolute atomic E-state index is 0.0442. The topological polar surface area (TPSA) is 110 Å². The Labute approximate surface area is 116 Å². The van der Waals surface area contributed by atoms with Gasteiger partial charge < -0.3 is 21.0 Å². The first-order chi connectivity index (χ1) is 9.60. The van der Waals surface area contributed by atoms with Gasteiger partial charge in [0.05, 0.1) is 5.60 Å². The van der Waals surface area contributed by atoms with Gasteiger partial charge in [-0.15, -0.1) is 0 Å². The summed E-state index contributed by atoms with van der Waals surface area (Å²) in [6, 6.07) is 3.11. The summed E-state index contributed by atoms with van der Waals surface area (Å²) < 4.78 is 5.43. The van der Waals surface area contributed by atoms with E-state index in [-0.39, 0.29) is 23.0 Å². The van der Waals surface area contributed by atoms with Gasteiger partial charge in [-0.3, -0.25) is 9.78 Å². The van der Waals surface area contributed by atoms with E-state index in [0.717, 1.165) is 19.3 Å². The van der Waals surface area contributed by atoms with Crippen molar-refractivity contribution in [1.29, 1.82) is 0 Å². The number of pyridine rings is 1. The van der Waals surface area contributed by atoms with Crippen molar-refractivity contribution in [1.82, 2.24) is 10.3 Å². The van der Waals surface area contributed by atoms with Gasteiger partial charge in [0.1, 0.15) is 5.69 Å². The summed E-state index contributed by atoms with van der Waals surface area (Å²) in [6.07, 6.45) is 4.43. The van der Waals surface area contributed by atoms with Crippen LogP contribution in [0.25, 0.3) is 0 Å². The molecule has 0 unspecified atom stereocenters. The Morgan fingerprint density at radius 3 is 2.80 bits per heavy atom. The van der Waals surface area contributed by atoms with Gasteiger partial charge in [-0.1, -0.05) is 5.16 Å². The lowest BCUT2D eigenvalue weighted by atomic mass is 9.80. The Morgan fingerprint density at radius 1 is 1.60 bits per heavy atom. The summed E-state index contributed by atoms with van der Waals surface area (Å²) in [6.45, 7) is 0.478.